The fourth-order valence-corrected chi connectivity index (χ4v) is 3.38. The quantitative estimate of drug-likeness (QED) is 0.571. The number of piperidine rings is 1. The number of carbonyl (C=O) groups excluding carboxylic acids is 3. The first-order valence-corrected chi connectivity index (χ1v) is 7.84. The smallest absolute Gasteiger partial charge is 0.356 e. The van der Waals surface area contributed by atoms with Crippen molar-refractivity contribution in [3.8, 4) is 0 Å². The Morgan fingerprint density at radius 1 is 1.24 bits per heavy atom. The minimum atomic E-state index is -0.826. The molecule has 10 heteroatoms. The molecule has 1 aromatic heterocycles. The number of hydrogen-bond donors (Lipinski definition) is 1. The number of anilines is 2. The minimum absolute atomic E-state index is 0.0780. The molecule has 0 saturated carbocycles. The first-order valence-electron chi connectivity index (χ1n) is 7.84. The fraction of sp³-hybridized carbons (Fsp3) is 0.533. The van der Waals surface area contributed by atoms with Gasteiger partial charge >= 0.3 is 12.0 Å². The number of methoxy groups -OCH3 is 1. The van der Waals surface area contributed by atoms with Gasteiger partial charge in [-0.15, -0.1) is 0 Å². The molecule has 2 aliphatic rings. The summed E-state index contributed by atoms with van der Waals surface area (Å²) < 4.78 is 4.66. The maximum absolute atomic E-state index is 12.5. The van der Waals surface area contributed by atoms with Gasteiger partial charge in [0.15, 0.2) is 5.69 Å². The first-order chi connectivity index (χ1) is 11.8. The molecule has 134 valence electrons. The highest BCUT2D eigenvalue weighted by molar-refractivity contribution is 6.06. The zero-order valence-electron chi connectivity index (χ0n) is 14.4. The Morgan fingerprint density at radius 2 is 1.88 bits per heavy atom. The van der Waals surface area contributed by atoms with E-state index in [1.807, 2.05) is 4.90 Å². The predicted molar refractivity (Wildman–Crippen MR) is 87.9 cm³/mol. The van der Waals surface area contributed by atoms with Gasteiger partial charge in [0.05, 0.1) is 7.11 Å². The number of ether oxygens (including phenoxy) is 1. The molecule has 1 aromatic rings. The molecule has 0 atom stereocenters. The van der Waals surface area contributed by atoms with Crippen LogP contribution >= 0.6 is 0 Å². The van der Waals surface area contributed by atoms with Crippen molar-refractivity contribution in [1.29, 1.82) is 0 Å². The van der Waals surface area contributed by atoms with E-state index in [4.69, 9.17) is 5.73 Å². The minimum Gasteiger partial charge on any atom is -0.464 e. The van der Waals surface area contributed by atoms with E-state index >= 15 is 0 Å². The summed E-state index contributed by atoms with van der Waals surface area (Å²) in [4.78, 5) is 49.1. The zero-order valence-corrected chi connectivity index (χ0v) is 14.4. The molecule has 2 saturated heterocycles. The van der Waals surface area contributed by atoms with E-state index in [0.717, 1.165) is 4.90 Å². The maximum Gasteiger partial charge on any atom is 0.356 e. The average molecular weight is 348 g/mol. The van der Waals surface area contributed by atoms with E-state index in [1.54, 1.807) is 7.05 Å². The van der Waals surface area contributed by atoms with Gasteiger partial charge in [0, 0.05) is 33.3 Å². The van der Waals surface area contributed by atoms with E-state index in [1.165, 1.54) is 25.1 Å². The number of nitrogens with two attached hydrogens (primary N) is 1. The maximum atomic E-state index is 12.5. The van der Waals surface area contributed by atoms with Crippen LogP contribution in [0.2, 0.25) is 0 Å². The highest BCUT2D eigenvalue weighted by atomic mass is 16.5. The monoisotopic (exact) mass is 348 g/mol. The van der Waals surface area contributed by atoms with Gasteiger partial charge in [-0.2, -0.15) is 4.98 Å². The second kappa shape index (κ2) is 5.87. The molecule has 3 rings (SSSR count). The van der Waals surface area contributed by atoms with E-state index in [9.17, 15) is 14.4 Å². The molecule has 0 unspecified atom stereocenters. The average Bonchev–Trinajstić information content (AvgIpc) is 2.77. The second-order valence-corrected chi connectivity index (χ2v) is 6.19. The molecule has 25 heavy (non-hydrogen) atoms. The summed E-state index contributed by atoms with van der Waals surface area (Å²) in [6.45, 7) is 0.919. The Morgan fingerprint density at radius 3 is 2.40 bits per heavy atom. The van der Waals surface area contributed by atoms with Crippen LogP contribution in [0, 0.1) is 0 Å². The number of imide groups is 1. The lowest BCUT2D eigenvalue weighted by Crippen LogP contribution is -2.55. The van der Waals surface area contributed by atoms with Crippen molar-refractivity contribution >= 4 is 29.7 Å². The van der Waals surface area contributed by atoms with Gasteiger partial charge in [-0.3, -0.25) is 9.69 Å². The first kappa shape index (κ1) is 16.9. The largest absolute Gasteiger partial charge is 0.464 e. The van der Waals surface area contributed by atoms with Crippen LogP contribution in [0.3, 0.4) is 0 Å². The molecule has 0 radical (unpaired) electrons. The molecule has 10 nitrogen and oxygen atoms in total. The summed E-state index contributed by atoms with van der Waals surface area (Å²) in [6.07, 6.45) is 0.897. The molecular formula is C15H20N6O4. The van der Waals surface area contributed by atoms with Crippen molar-refractivity contribution < 1.29 is 19.1 Å². The number of urea groups is 1. The highest BCUT2D eigenvalue weighted by Gasteiger charge is 2.55. The summed E-state index contributed by atoms with van der Waals surface area (Å²) in [6, 6.07) is 1.05. The Balaban J connectivity index is 1.81. The number of aromatic nitrogens is 2. The Kier molecular flexibility index (Phi) is 3.97. The Bertz CT molecular complexity index is 744. The van der Waals surface area contributed by atoms with Crippen LogP contribution in [0.4, 0.5) is 16.6 Å². The van der Waals surface area contributed by atoms with Gasteiger partial charge in [-0.1, -0.05) is 0 Å². The van der Waals surface area contributed by atoms with E-state index in [0.29, 0.717) is 31.9 Å². The molecule has 2 aliphatic heterocycles. The van der Waals surface area contributed by atoms with E-state index in [-0.39, 0.29) is 23.5 Å². The standard InChI is InChI=1S/C15H20N6O4/c1-19-12(23)15(20(2)14(19)24)4-6-21(7-5-15)13-17-9(11(22)25-3)8-10(16)18-13/h8H,4-7H2,1-3H3,(H2,16,17,18). The third-order valence-electron chi connectivity index (χ3n) is 4.92. The summed E-state index contributed by atoms with van der Waals surface area (Å²) in [5.74, 6) is -0.317. The molecule has 0 aliphatic carbocycles. The van der Waals surface area contributed by atoms with Crippen LogP contribution in [0.5, 0.6) is 0 Å². The van der Waals surface area contributed by atoms with Crippen molar-refractivity contribution in [3.63, 3.8) is 0 Å². The number of likely N-dealkylation sites (N-methyl/N-ethyl adjacent to an activating group) is 2. The number of hydrogen-bond acceptors (Lipinski definition) is 8. The fourth-order valence-electron chi connectivity index (χ4n) is 3.38. The molecule has 2 N–H and O–H groups in total. The Labute approximate surface area is 144 Å². The summed E-state index contributed by atoms with van der Waals surface area (Å²) in [7, 11) is 4.40. The van der Waals surface area contributed by atoms with Crippen LogP contribution in [-0.4, -0.2) is 77.5 Å². The van der Waals surface area contributed by atoms with Crippen LogP contribution in [0.25, 0.3) is 0 Å². The molecule has 3 amide bonds. The molecule has 3 heterocycles. The number of rotatable bonds is 2. The normalized spacial score (nSPS) is 19.7. The number of amides is 3. The van der Waals surface area contributed by atoms with Gasteiger partial charge in [-0.25, -0.2) is 14.6 Å². The highest BCUT2D eigenvalue weighted by Crippen LogP contribution is 2.36. The zero-order chi connectivity index (χ0) is 18.4. The van der Waals surface area contributed by atoms with Crippen LogP contribution in [-0.2, 0) is 9.53 Å². The van der Waals surface area contributed by atoms with Gasteiger partial charge in [-0.05, 0) is 12.8 Å². The van der Waals surface area contributed by atoms with Crippen molar-refractivity contribution in [2.24, 2.45) is 0 Å². The lowest BCUT2D eigenvalue weighted by molar-refractivity contribution is -0.133. The molecule has 0 bridgehead atoms. The third-order valence-corrected chi connectivity index (χ3v) is 4.92. The Hall–Kier alpha value is -2.91. The second-order valence-electron chi connectivity index (χ2n) is 6.19. The number of nitrogen functional groups attached to an aromatic ring is 1. The van der Waals surface area contributed by atoms with Crippen LogP contribution < -0.4 is 10.6 Å². The molecule has 1 spiro atoms. The molecule has 2 fully saturated rings. The summed E-state index contributed by atoms with van der Waals surface area (Å²) in [5.41, 5.74) is 5.01. The lowest BCUT2D eigenvalue weighted by Gasteiger charge is -2.40. The van der Waals surface area contributed by atoms with Gasteiger partial charge in [0.1, 0.15) is 11.4 Å². The number of esters is 1. The molecule has 0 aromatic carbocycles. The lowest BCUT2D eigenvalue weighted by atomic mass is 9.86. The topological polar surface area (TPSA) is 122 Å². The number of nitrogens with zero attached hydrogens (tertiary/aromatic N) is 5. The summed E-state index contributed by atoms with van der Waals surface area (Å²) in [5, 5.41) is 0. The number of carbonyl (C=O) groups is 3. The van der Waals surface area contributed by atoms with Crippen LogP contribution in [0.1, 0.15) is 23.3 Å². The predicted octanol–water partition coefficient (Wildman–Crippen LogP) is -0.292. The van der Waals surface area contributed by atoms with Crippen molar-refractivity contribution in [3.05, 3.63) is 11.8 Å². The van der Waals surface area contributed by atoms with Crippen LogP contribution in [0.15, 0.2) is 6.07 Å². The SMILES string of the molecule is COC(=O)c1cc(N)nc(N2CCC3(CC2)C(=O)N(C)C(=O)N3C)n1. The van der Waals surface area contributed by atoms with E-state index < -0.39 is 11.5 Å². The van der Waals surface area contributed by atoms with Crippen molar-refractivity contribution in [2.75, 3.05) is 44.9 Å². The van der Waals surface area contributed by atoms with Gasteiger partial charge < -0.3 is 20.3 Å². The summed E-state index contributed by atoms with van der Waals surface area (Å²) >= 11 is 0. The van der Waals surface area contributed by atoms with Crippen molar-refractivity contribution in [2.45, 2.75) is 18.4 Å². The van der Waals surface area contributed by atoms with E-state index in [2.05, 4.69) is 14.7 Å². The van der Waals surface area contributed by atoms with Gasteiger partial charge in [0.2, 0.25) is 5.95 Å². The van der Waals surface area contributed by atoms with Crippen molar-refractivity contribution in [1.82, 2.24) is 19.8 Å². The third kappa shape index (κ3) is 2.53. The van der Waals surface area contributed by atoms with Gasteiger partial charge in [0.25, 0.3) is 5.91 Å². The molecular weight excluding hydrogens is 328 g/mol.